The minimum atomic E-state index is -0.875. The Balaban J connectivity index is 3.03. The number of carbonyl (C=O) groups is 1. The molecule has 0 amide bonds. The number of rotatable bonds is 4. The first-order valence-corrected chi connectivity index (χ1v) is 6.30. The maximum atomic E-state index is 10.9. The summed E-state index contributed by atoms with van der Waals surface area (Å²) in [4.78, 5) is 10.9. The molecule has 4 nitrogen and oxygen atoms in total. The van der Waals surface area contributed by atoms with Crippen LogP contribution >= 0.6 is 11.6 Å². The average Bonchev–Trinajstić information content (AvgIpc) is 2.28. The van der Waals surface area contributed by atoms with Crippen LogP contribution in [-0.2, 0) is 4.79 Å². The van der Waals surface area contributed by atoms with Crippen LogP contribution in [0.3, 0.4) is 0 Å². The van der Waals surface area contributed by atoms with Gasteiger partial charge in [0, 0.05) is 11.1 Å². The Bertz CT molecular complexity index is 515. The molecule has 5 heteroatoms. The Labute approximate surface area is 118 Å². The van der Waals surface area contributed by atoms with E-state index < -0.39 is 5.97 Å². The van der Waals surface area contributed by atoms with Crippen LogP contribution in [0.4, 0.5) is 5.69 Å². The largest absolute Gasteiger partial charge is 0.481 e. The molecule has 1 atom stereocenters. The number of carboxylic acids is 1. The van der Waals surface area contributed by atoms with Crippen LogP contribution in [0.5, 0.6) is 0 Å². The third-order valence-electron chi connectivity index (χ3n) is 2.86. The van der Waals surface area contributed by atoms with Crippen LogP contribution in [0.2, 0.25) is 5.02 Å². The fraction of sp³-hybridized carbons (Fsp3) is 0.429. The Kier molecular flexibility index (Phi) is 4.79. The molecule has 0 aromatic heterocycles. The van der Waals surface area contributed by atoms with Crippen LogP contribution in [0.15, 0.2) is 18.2 Å². The maximum Gasteiger partial charge on any atom is 0.305 e. The number of hydrogen-bond acceptors (Lipinski definition) is 3. The van der Waals surface area contributed by atoms with E-state index in [0.29, 0.717) is 16.3 Å². The number of anilines is 1. The zero-order chi connectivity index (χ0) is 14.6. The van der Waals surface area contributed by atoms with Gasteiger partial charge in [0.15, 0.2) is 0 Å². The predicted molar refractivity (Wildman–Crippen MR) is 75.3 cm³/mol. The molecule has 0 saturated heterocycles. The van der Waals surface area contributed by atoms with Gasteiger partial charge in [-0.15, -0.1) is 0 Å². The minimum absolute atomic E-state index is 0.0169. The zero-order valence-electron chi connectivity index (χ0n) is 11.2. The van der Waals surface area contributed by atoms with Crippen molar-refractivity contribution in [2.75, 3.05) is 5.32 Å². The zero-order valence-corrected chi connectivity index (χ0v) is 12.0. The molecular formula is C14H17ClN2O2. The second-order valence-corrected chi connectivity index (χ2v) is 5.90. The number of halogens is 1. The van der Waals surface area contributed by atoms with E-state index in [-0.39, 0.29) is 17.9 Å². The second kappa shape index (κ2) is 5.94. The number of aliphatic carboxylic acids is 1. The SMILES string of the molecule is CC(C)(C)C(CC(=O)O)Nc1ccc(Cl)cc1C#N. The van der Waals surface area contributed by atoms with Crippen LogP contribution in [0.25, 0.3) is 0 Å². The van der Waals surface area contributed by atoms with Crippen molar-refractivity contribution < 1.29 is 9.90 Å². The van der Waals surface area contributed by atoms with Crippen LogP contribution in [-0.4, -0.2) is 17.1 Å². The van der Waals surface area contributed by atoms with Gasteiger partial charge in [-0.25, -0.2) is 0 Å². The standard InChI is InChI=1S/C14H17ClN2O2/c1-14(2,3)12(7-13(18)19)17-11-5-4-10(15)6-9(11)8-16/h4-6,12,17H,7H2,1-3H3,(H,18,19). The summed E-state index contributed by atoms with van der Waals surface area (Å²) in [5.41, 5.74) is 0.769. The predicted octanol–water partition coefficient (Wildman–Crippen LogP) is 3.51. The van der Waals surface area contributed by atoms with Crippen molar-refractivity contribution in [3.8, 4) is 6.07 Å². The van der Waals surface area contributed by atoms with Crippen molar-refractivity contribution in [3.05, 3.63) is 28.8 Å². The fourth-order valence-corrected chi connectivity index (χ4v) is 1.84. The highest BCUT2D eigenvalue weighted by molar-refractivity contribution is 6.30. The molecule has 1 unspecified atom stereocenters. The molecule has 0 aliphatic heterocycles. The van der Waals surface area contributed by atoms with Crippen molar-refractivity contribution in [1.82, 2.24) is 0 Å². The number of nitrogens with zero attached hydrogens (tertiary/aromatic N) is 1. The first-order valence-electron chi connectivity index (χ1n) is 5.92. The summed E-state index contributed by atoms with van der Waals surface area (Å²) in [5, 5.41) is 21.7. The molecule has 1 aromatic carbocycles. The summed E-state index contributed by atoms with van der Waals surface area (Å²) in [7, 11) is 0. The summed E-state index contributed by atoms with van der Waals surface area (Å²) in [6, 6.07) is 6.70. The highest BCUT2D eigenvalue weighted by atomic mass is 35.5. The van der Waals surface area contributed by atoms with Crippen LogP contribution in [0, 0.1) is 16.7 Å². The van der Waals surface area contributed by atoms with Gasteiger partial charge in [-0.05, 0) is 23.6 Å². The molecule has 102 valence electrons. The van der Waals surface area contributed by atoms with Crippen molar-refractivity contribution in [3.63, 3.8) is 0 Å². The fourth-order valence-electron chi connectivity index (χ4n) is 1.67. The van der Waals surface area contributed by atoms with Gasteiger partial charge in [-0.3, -0.25) is 4.79 Å². The van der Waals surface area contributed by atoms with Crippen molar-refractivity contribution in [1.29, 1.82) is 5.26 Å². The highest BCUT2D eigenvalue weighted by Crippen LogP contribution is 2.28. The number of nitriles is 1. The molecule has 0 radical (unpaired) electrons. The molecule has 0 bridgehead atoms. The molecule has 19 heavy (non-hydrogen) atoms. The first kappa shape index (κ1) is 15.3. The average molecular weight is 281 g/mol. The van der Waals surface area contributed by atoms with E-state index in [1.807, 2.05) is 20.8 Å². The van der Waals surface area contributed by atoms with Gasteiger partial charge in [0.05, 0.1) is 17.7 Å². The van der Waals surface area contributed by atoms with Crippen molar-refractivity contribution >= 4 is 23.3 Å². The maximum absolute atomic E-state index is 10.9. The van der Waals surface area contributed by atoms with E-state index >= 15 is 0 Å². The van der Waals surface area contributed by atoms with Crippen LogP contribution in [0.1, 0.15) is 32.8 Å². The van der Waals surface area contributed by atoms with Gasteiger partial charge in [0.25, 0.3) is 0 Å². The van der Waals surface area contributed by atoms with E-state index in [9.17, 15) is 4.79 Å². The first-order chi connectivity index (χ1) is 8.74. The molecule has 0 aliphatic rings. The lowest BCUT2D eigenvalue weighted by Crippen LogP contribution is -2.36. The van der Waals surface area contributed by atoms with Gasteiger partial charge in [0.1, 0.15) is 6.07 Å². The quantitative estimate of drug-likeness (QED) is 0.885. The lowest BCUT2D eigenvalue weighted by atomic mass is 9.84. The van der Waals surface area contributed by atoms with E-state index in [1.54, 1.807) is 18.2 Å². The third-order valence-corrected chi connectivity index (χ3v) is 3.09. The van der Waals surface area contributed by atoms with Gasteiger partial charge < -0.3 is 10.4 Å². The second-order valence-electron chi connectivity index (χ2n) is 5.46. The summed E-state index contributed by atoms with van der Waals surface area (Å²) in [5.74, 6) is -0.875. The molecule has 0 aliphatic carbocycles. The highest BCUT2D eigenvalue weighted by Gasteiger charge is 2.27. The number of carboxylic acid groups (broad SMARTS) is 1. The molecular weight excluding hydrogens is 264 g/mol. The minimum Gasteiger partial charge on any atom is -0.481 e. The smallest absolute Gasteiger partial charge is 0.305 e. The summed E-state index contributed by atoms with van der Waals surface area (Å²) in [6.45, 7) is 5.86. The molecule has 1 rings (SSSR count). The lowest BCUT2D eigenvalue weighted by molar-refractivity contribution is -0.137. The third kappa shape index (κ3) is 4.46. The van der Waals surface area contributed by atoms with E-state index in [2.05, 4.69) is 11.4 Å². The summed E-state index contributed by atoms with van der Waals surface area (Å²) >= 11 is 5.83. The number of benzene rings is 1. The monoisotopic (exact) mass is 280 g/mol. The Morgan fingerprint density at radius 2 is 2.16 bits per heavy atom. The molecule has 0 saturated carbocycles. The van der Waals surface area contributed by atoms with E-state index in [0.717, 1.165) is 0 Å². The number of hydrogen-bond donors (Lipinski definition) is 2. The summed E-state index contributed by atoms with van der Waals surface area (Å²) < 4.78 is 0. The molecule has 1 aromatic rings. The van der Waals surface area contributed by atoms with Gasteiger partial charge >= 0.3 is 5.97 Å². The Morgan fingerprint density at radius 1 is 1.53 bits per heavy atom. The molecule has 0 heterocycles. The number of nitrogens with one attached hydrogen (secondary N) is 1. The van der Waals surface area contributed by atoms with Crippen molar-refractivity contribution in [2.24, 2.45) is 5.41 Å². The Hall–Kier alpha value is -1.73. The summed E-state index contributed by atoms with van der Waals surface area (Å²) in [6.07, 6.45) is -0.0169. The topological polar surface area (TPSA) is 73.1 Å². The molecule has 0 fully saturated rings. The van der Waals surface area contributed by atoms with Gasteiger partial charge in [-0.1, -0.05) is 32.4 Å². The van der Waals surface area contributed by atoms with Gasteiger partial charge in [-0.2, -0.15) is 5.26 Å². The molecule has 0 spiro atoms. The molecule has 2 N–H and O–H groups in total. The van der Waals surface area contributed by atoms with E-state index in [4.69, 9.17) is 22.0 Å². The van der Waals surface area contributed by atoms with Gasteiger partial charge in [0.2, 0.25) is 0 Å². The lowest BCUT2D eigenvalue weighted by Gasteiger charge is -2.31. The normalized spacial score (nSPS) is 12.6. The van der Waals surface area contributed by atoms with Crippen LogP contribution < -0.4 is 5.32 Å². The van der Waals surface area contributed by atoms with Crippen molar-refractivity contribution in [2.45, 2.75) is 33.2 Å². The Morgan fingerprint density at radius 3 is 2.63 bits per heavy atom. The van der Waals surface area contributed by atoms with E-state index in [1.165, 1.54) is 0 Å².